The van der Waals surface area contributed by atoms with Crippen LogP contribution in [-0.4, -0.2) is 24.5 Å². The van der Waals surface area contributed by atoms with Gasteiger partial charge in [0.25, 0.3) is 0 Å². The SMILES string of the molecule is Fc1cc(F)cc(CN2[CH]CNCC2)c1. The summed E-state index contributed by atoms with van der Waals surface area (Å²) >= 11 is 0. The van der Waals surface area contributed by atoms with E-state index in [9.17, 15) is 8.78 Å². The molecule has 4 heteroatoms. The Morgan fingerprint density at radius 1 is 1.20 bits per heavy atom. The predicted molar refractivity (Wildman–Crippen MR) is 53.9 cm³/mol. The molecule has 1 aliphatic rings. The molecule has 1 radical (unpaired) electrons. The lowest BCUT2D eigenvalue weighted by molar-refractivity contribution is 0.285. The number of nitrogens with one attached hydrogen (secondary N) is 1. The fraction of sp³-hybridized carbons (Fsp3) is 0.364. The van der Waals surface area contributed by atoms with Gasteiger partial charge in [-0.3, -0.25) is 4.90 Å². The van der Waals surface area contributed by atoms with Crippen LogP contribution in [-0.2, 0) is 6.54 Å². The minimum absolute atomic E-state index is 0.514. The van der Waals surface area contributed by atoms with Gasteiger partial charge in [-0.2, -0.15) is 0 Å². The van der Waals surface area contributed by atoms with Crippen LogP contribution in [0.3, 0.4) is 0 Å². The molecule has 0 atom stereocenters. The van der Waals surface area contributed by atoms with Crippen molar-refractivity contribution in [3.63, 3.8) is 0 Å². The van der Waals surface area contributed by atoms with E-state index in [4.69, 9.17) is 0 Å². The second-order valence-corrected chi connectivity index (χ2v) is 3.63. The largest absolute Gasteiger partial charge is 0.314 e. The first-order valence-corrected chi connectivity index (χ1v) is 4.97. The Labute approximate surface area is 87.9 Å². The molecule has 1 aliphatic heterocycles. The summed E-state index contributed by atoms with van der Waals surface area (Å²) in [6.45, 7) is 5.17. The standard InChI is InChI=1S/C11H13F2N2/c12-10-5-9(6-11(13)7-10)8-15-3-1-14-2-4-15/h3,5-7,14H,1-2,4,8H2. The first kappa shape index (κ1) is 10.5. The van der Waals surface area contributed by atoms with Crippen molar-refractivity contribution in [1.82, 2.24) is 10.2 Å². The lowest BCUT2D eigenvalue weighted by atomic mass is 10.2. The molecule has 1 fully saturated rings. The van der Waals surface area contributed by atoms with Gasteiger partial charge in [0, 0.05) is 38.8 Å². The minimum atomic E-state index is -0.514. The lowest BCUT2D eigenvalue weighted by Gasteiger charge is -2.26. The molecule has 1 N–H and O–H groups in total. The van der Waals surface area contributed by atoms with Gasteiger partial charge in [-0.25, -0.2) is 8.78 Å². The third-order valence-electron chi connectivity index (χ3n) is 2.38. The highest BCUT2D eigenvalue weighted by Crippen LogP contribution is 2.11. The minimum Gasteiger partial charge on any atom is -0.314 e. The molecule has 81 valence electrons. The van der Waals surface area contributed by atoms with Gasteiger partial charge in [-0.15, -0.1) is 0 Å². The summed E-state index contributed by atoms with van der Waals surface area (Å²) in [7, 11) is 0. The van der Waals surface area contributed by atoms with Crippen LogP contribution in [0, 0.1) is 18.2 Å². The number of hydrogen-bond donors (Lipinski definition) is 1. The van der Waals surface area contributed by atoms with Crippen molar-refractivity contribution >= 4 is 0 Å². The molecule has 0 unspecified atom stereocenters. The van der Waals surface area contributed by atoms with Gasteiger partial charge in [0.05, 0.1) is 0 Å². The van der Waals surface area contributed by atoms with Crippen molar-refractivity contribution in [2.45, 2.75) is 6.54 Å². The van der Waals surface area contributed by atoms with Gasteiger partial charge in [-0.05, 0) is 17.7 Å². The maximum absolute atomic E-state index is 12.9. The summed E-state index contributed by atoms with van der Waals surface area (Å²) in [6, 6.07) is 3.64. The van der Waals surface area contributed by atoms with Crippen molar-refractivity contribution in [2.24, 2.45) is 0 Å². The van der Waals surface area contributed by atoms with Gasteiger partial charge < -0.3 is 5.32 Å². The van der Waals surface area contributed by atoms with Crippen molar-refractivity contribution in [1.29, 1.82) is 0 Å². The van der Waals surface area contributed by atoms with Crippen molar-refractivity contribution < 1.29 is 8.78 Å². The van der Waals surface area contributed by atoms with Crippen LogP contribution in [0.1, 0.15) is 5.56 Å². The highest BCUT2D eigenvalue weighted by Gasteiger charge is 2.11. The van der Waals surface area contributed by atoms with E-state index < -0.39 is 11.6 Å². The zero-order valence-corrected chi connectivity index (χ0v) is 8.34. The molecule has 0 spiro atoms. The molecule has 1 heterocycles. The molecule has 1 aromatic rings. The number of benzene rings is 1. The van der Waals surface area contributed by atoms with Crippen LogP contribution < -0.4 is 5.32 Å². The molecule has 2 nitrogen and oxygen atoms in total. The number of halogens is 2. The molecule has 0 amide bonds. The fourth-order valence-corrected chi connectivity index (χ4v) is 1.69. The molecule has 0 saturated carbocycles. The molecule has 0 bridgehead atoms. The Hall–Kier alpha value is -1.00. The van der Waals surface area contributed by atoms with Crippen LogP contribution in [0.4, 0.5) is 8.78 Å². The second-order valence-electron chi connectivity index (χ2n) is 3.63. The zero-order chi connectivity index (χ0) is 10.7. The summed E-state index contributed by atoms with van der Waals surface area (Å²) in [5.74, 6) is -1.03. The summed E-state index contributed by atoms with van der Waals surface area (Å²) in [5.41, 5.74) is 0.672. The molecular formula is C11H13F2N2. The Balaban J connectivity index is 2.02. The number of rotatable bonds is 2. The van der Waals surface area contributed by atoms with E-state index in [0.29, 0.717) is 12.1 Å². The van der Waals surface area contributed by atoms with Gasteiger partial charge in [0.15, 0.2) is 0 Å². The average molecular weight is 211 g/mol. The number of piperazine rings is 1. The highest BCUT2D eigenvalue weighted by atomic mass is 19.1. The van der Waals surface area contributed by atoms with E-state index in [2.05, 4.69) is 10.2 Å². The quantitative estimate of drug-likeness (QED) is 0.798. The first-order chi connectivity index (χ1) is 7.24. The van der Waals surface area contributed by atoms with E-state index in [-0.39, 0.29) is 0 Å². The van der Waals surface area contributed by atoms with Crippen molar-refractivity contribution in [3.05, 3.63) is 41.9 Å². The second kappa shape index (κ2) is 4.68. The molecule has 15 heavy (non-hydrogen) atoms. The average Bonchev–Trinajstić information content (AvgIpc) is 2.17. The predicted octanol–water partition coefficient (Wildman–Crippen LogP) is 1.53. The summed E-state index contributed by atoms with van der Waals surface area (Å²) < 4.78 is 25.8. The highest BCUT2D eigenvalue weighted by molar-refractivity contribution is 5.18. The van der Waals surface area contributed by atoms with Crippen LogP contribution >= 0.6 is 0 Å². The smallest absolute Gasteiger partial charge is 0.126 e. The molecular weight excluding hydrogens is 198 g/mol. The zero-order valence-electron chi connectivity index (χ0n) is 8.34. The summed E-state index contributed by atoms with van der Waals surface area (Å²) in [4.78, 5) is 2.06. The van der Waals surface area contributed by atoms with Gasteiger partial charge >= 0.3 is 0 Å². The van der Waals surface area contributed by atoms with Crippen molar-refractivity contribution in [3.8, 4) is 0 Å². The van der Waals surface area contributed by atoms with Gasteiger partial charge in [-0.1, -0.05) is 0 Å². The van der Waals surface area contributed by atoms with Crippen LogP contribution in [0.25, 0.3) is 0 Å². The Bertz CT molecular complexity index is 315. The molecule has 0 aliphatic carbocycles. The van der Waals surface area contributed by atoms with E-state index in [1.165, 1.54) is 12.1 Å². The van der Waals surface area contributed by atoms with Crippen LogP contribution in [0.2, 0.25) is 0 Å². The van der Waals surface area contributed by atoms with Crippen LogP contribution in [0.5, 0.6) is 0 Å². The van der Waals surface area contributed by atoms with Gasteiger partial charge in [0.1, 0.15) is 11.6 Å². The van der Waals surface area contributed by atoms with Crippen molar-refractivity contribution in [2.75, 3.05) is 19.6 Å². The monoisotopic (exact) mass is 211 g/mol. The molecule has 1 aromatic carbocycles. The topological polar surface area (TPSA) is 15.3 Å². The number of nitrogens with zero attached hydrogens (tertiary/aromatic N) is 1. The Kier molecular flexibility index (Phi) is 3.28. The van der Waals surface area contributed by atoms with Gasteiger partial charge in [0.2, 0.25) is 0 Å². The third-order valence-corrected chi connectivity index (χ3v) is 2.38. The lowest BCUT2D eigenvalue weighted by Crippen LogP contribution is -2.39. The molecule has 1 saturated heterocycles. The van der Waals surface area contributed by atoms with E-state index in [1.807, 2.05) is 6.54 Å². The van der Waals surface area contributed by atoms with Crippen LogP contribution in [0.15, 0.2) is 18.2 Å². The van der Waals surface area contributed by atoms with E-state index in [1.54, 1.807) is 0 Å². The molecule has 2 rings (SSSR count). The number of hydrogen-bond acceptors (Lipinski definition) is 2. The third kappa shape index (κ3) is 2.97. The fourth-order valence-electron chi connectivity index (χ4n) is 1.69. The molecule has 0 aromatic heterocycles. The van der Waals surface area contributed by atoms with E-state index >= 15 is 0 Å². The first-order valence-electron chi connectivity index (χ1n) is 4.97. The maximum atomic E-state index is 12.9. The Morgan fingerprint density at radius 2 is 1.93 bits per heavy atom. The normalized spacial score (nSPS) is 18.0. The summed E-state index contributed by atoms with van der Waals surface area (Å²) in [5, 5.41) is 3.18. The van der Waals surface area contributed by atoms with E-state index in [0.717, 1.165) is 25.7 Å². The Morgan fingerprint density at radius 3 is 2.53 bits per heavy atom. The maximum Gasteiger partial charge on any atom is 0.126 e. The summed E-state index contributed by atoms with van der Waals surface area (Å²) in [6.07, 6.45) is 0.